The molecule has 1 saturated heterocycles. The summed E-state index contributed by atoms with van der Waals surface area (Å²) in [7, 11) is 0. The van der Waals surface area contributed by atoms with E-state index in [1.165, 1.54) is 41.5 Å². The molecule has 132 valence electrons. The number of benzene rings is 3. The summed E-state index contributed by atoms with van der Waals surface area (Å²) in [5.74, 6) is 0. The van der Waals surface area contributed by atoms with Crippen LogP contribution in [0.1, 0.15) is 41.5 Å². The first-order valence-electron chi connectivity index (χ1n) is 9.75. The molecule has 0 N–H and O–H groups in total. The van der Waals surface area contributed by atoms with Gasteiger partial charge < -0.3 is 0 Å². The van der Waals surface area contributed by atoms with Gasteiger partial charge in [-0.25, -0.2) is 0 Å². The van der Waals surface area contributed by atoms with Crippen molar-refractivity contribution in [2.24, 2.45) is 0 Å². The second-order valence-electron chi connectivity index (χ2n) is 7.31. The zero-order chi connectivity index (χ0) is 17.8. The van der Waals surface area contributed by atoms with E-state index in [9.17, 15) is 0 Å². The molecule has 4 rings (SSSR count). The highest BCUT2D eigenvalue weighted by atomic mass is 15.2. The van der Waals surface area contributed by atoms with Crippen LogP contribution >= 0.6 is 0 Å². The standard InChI is InChI=1S/C25H27N/c1-21-13-9-10-18-24(21)25(22-14-5-2-6-15-22,23-16-7-3-8-17-23)26-19-11-4-12-20-26/h2-3,5-10,13-18H,4,11-12,19-20H2,1H3. The lowest BCUT2D eigenvalue weighted by atomic mass is 9.73. The molecule has 3 aromatic carbocycles. The van der Waals surface area contributed by atoms with E-state index in [4.69, 9.17) is 0 Å². The second-order valence-corrected chi connectivity index (χ2v) is 7.31. The summed E-state index contributed by atoms with van der Waals surface area (Å²) in [4.78, 5) is 2.71. The Morgan fingerprint density at radius 2 is 1.12 bits per heavy atom. The van der Waals surface area contributed by atoms with Crippen molar-refractivity contribution in [2.75, 3.05) is 13.1 Å². The Morgan fingerprint density at radius 3 is 1.65 bits per heavy atom. The summed E-state index contributed by atoms with van der Waals surface area (Å²) in [6.45, 7) is 4.52. The minimum absolute atomic E-state index is 0.228. The Morgan fingerprint density at radius 1 is 0.615 bits per heavy atom. The Balaban J connectivity index is 2.05. The van der Waals surface area contributed by atoms with Gasteiger partial charge in [-0.3, -0.25) is 4.90 Å². The number of nitrogens with zero attached hydrogens (tertiary/aromatic N) is 1. The van der Waals surface area contributed by atoms with E-state index in [1.54, 1.807) is 0 Å². The van der Waals surface area contributed by atoms with E-state index in [0.717, 1.165) is 13.1 Å². The van der Waals surface area contributed by atoms with Crippen molar-refractivity contribution >= 4 is 0 Å². The van der Waals surface area contributed by atoms with Crippen LogP contribution in [0.5, 0.6) is 0 Å². The number of hydrogen-bond donors (Lipinski definition) is 0. The third-order valence-electron chi connectivity index (χ3n) is 5.75. The zero-order valence-corrected chi connectivity index (χ0v) is 15.6. The fourth-order valence-electron chi connectivity index (χ4n) is 4.58. The van der Waals surface area contributed by atoms with Crippen LogP contribution in [0.3, 0.4) is 0 Å². The van der Waals surface area contributed by atoms with Crippen LogP contribution in [0.15, 0.2) is 84.9 Å². The topological polar surface area (TPSA) is 3.24 Å². The maximum Gasteiger partial charge on any atom is 0.0975 e. The molecule has 1 fully saturated rings. The molecule has 26 heavy (non-hydrogen) atoms. The molecule has 0 unspecified atom stereocenters. The van der Waals surface area contributed by atoms with Gasteiger partial charge in [0.25, 0.3) is 0 Å². The summed E-state index contributed by atoms with van der Waals surface area (Å²) in [5.41, 5.74) is 5.25. The molecule has 0 atom stereocenters. The molecular weight excluding hydrogens is 314 g/mol. The predicted molar refractivity (Wildman–Crippen MR) is 109 cm³/mol. The van der Waals surface area contributed by atoms with Crippen molar-refractivity contribution in [3.63, 3.8) is 0 Å². The number of rotatable bonds is 4. The lowest BCUT2D eigenvalue weighted by Crippen LogP contribution is -2.50. The average Bonchev–Trinajstić information content (AvgIpc) is 2.72. The van der Waals surface area contributed by atoms with Crippen molar-refractivity contribution in [2.45, 2.75) is 31.7 Å². The smallest absolute Gasteiger partial charge is 0.0975 e. The number of piperidine rings is 1. The molecule has 0 saturated carbocycles. The maximum absolute atomic E-state index is 2.71. The van der Waals surface area contributed by atoms with E-state index < -0.39 is 0 Å². The van der Waals surface area contributed by atoms with E-state index >= 15 is 0 Å². The highest BCUT2D eigenvalue weighted by Crippen LogP contribution is 2.44. The average molecular weight is 341 g/mol. The van der Waals surface area contributed by atoms with Crippen molar-refractivity contribution < 1.29 is 0 Å². The van der Waals surface area contributed by atoms with Crippen LogP contribution in [0.25, 0.3) is 0 Å². The molecule has 1 aliphatic rings. The zero-order valence-electron chi connectivity index (χ0n) is 15.6. The molecule has 1 nitrogen and oxygen atoms in total. The Hall–Kier alpha value is -2.38. The van der Waals surface area contributed by atoms with Crippen molar-refractivity contribution in [3.8, 4) is 0 Å². The lowest BCUT2D eigenvalue weighted by Gasteiger charge is -2.48. The third-order valence-corrected chi connectivity index (χ3v) is 5.75. The highest BCUT2D eigenvalue weighted by molar-refractivity contribution is 5.52. The maximum atomic E-state index is 2.71. The van der Waals surface area contributed by atoms with Crippen molar-refractivity contribution in [3.05, 3.63) is 107 Å². The Kier molecular flexibility index (Phi) is 4.90. The summed E-state index contributed by atoms with van der Waals surface area (Å²) < 4.78 is 0. The first-order valence-corrected chi connectivity index (χ1v) is 9.75. The summed E-state index contributed by atoms with van der Waals surface area (Å²) in [6.07, 6.45) is 3.88. The monoisotopic (exact) mass is 341 g/mol. The van der Waals surface area contributed by atoms with E-state index in [1.807, 2.05) is 0 Å². The van der Waals surface area contributed by atoms with Gasteiger partial charge in [0.1, 0.15) is 0 Å². The second kappa shape index (κ2) is 7.47. The van der Waals surface area contributed by atoms with E-state index in [0.29, 0.717) is 0 Å². The first kappa shape index (κ1) is 17.1. The summed E-state index contributed by atoms with van der Waals surface area (Å²) in [6, 6.07) is 31.0. The molecule has 0 radical (unpaired) electrons. The molecular formula is C25H27N. The largest absolute Gasteiger partial charge is 0.286 e. The van der Waals surface area contributed by atoms with Crippen LogP contribution in [-0.2, 0) is 5.54 Å². The van der Waals surface area contributed by atoms with Gasteiger partial charge in [-0.15, -0.1) is 0 Å². The van der Waals surface area contributed by atoms with Crippen LogP contribution in [0.4, 0.5) is 0 Å². The van der Waals surface area contributed by atoms with Crippen LogP contribution in [0, 0.1) is 6.92 Å². The third kappa shape index (κ3) is 2.87. The molecule has 1 heteroatoms. The Labute approximate surface area is 157 Å². The van der Waals surface area contributed by atoms with Gasteiger partial charge in [-0.2, -0.15) is 0 Å². The van der Waals surface area contributed by atoms with Crippen molar-refractivity contribution in [1.82, 2.24) is 4.90 Å². The fraction of sp³-hybridized carbons (Fsp3) is 0.280. The van der Waals surface area contributed by atoms with E-state index in [-0.39, 0.29) is 5.54 Å². The molecule has 0 amide bonds. The van der Waals surface area contributed by atoms with Gasteiger partial charge in [-0.05, 0) is 55.1 Å². The van der Waals surface area contributed by atoms with Gasteiger partial charge >= 0.3 is 0 Å². The number of aryl methyl sites for hydroxylation is 1. The lowest BCUT2D eigenvalue weighted by molar-refractivity contribution is 0.127. The van der Waals surface area contributed by atoms with Crippen LogP contribution < -0.4 is 0 Å². The SMILES string of the molecule is Cc1ccccc1C(c1ccccc1)(c1ccccc1)N1CCCCC1. The van der Waals surface area contributed by atoms with Crippen molar-refractivity contribution in [1.29, 1.82) is 0 Å². The minimum atomic E-state index is -0.228. The van der Waals surface area contributed by atoms with Gasteiger partial charge in [0.05, 0.1) is 5.54 Å². The minimum Gasteiger partial charge on any atom is -0.286 e. The molecule has 0 spiro atoms. The Bertz CT molecular complexity index is 793. The molecule has 0 aliphatic carbocycles. The summed E-state index contributed by atoms with van der Waals surface area (Å²) in [5, 5.41) is 0. The molecule has 0 aromatic heterocycles. The van der Waals surface area contributed by atoms with Gasteiger partial charge in [0, 0.05) is 0 Å². The van der Waals surface area contributed by atoms with Gasteiger partial charge in [0.2, 0.25) is 0 Å². The predicted octanol–water partition coefficient (Wildman–Crippen LogP) is 5.77. The number of likely N-dealkylation sites (tertiary alicyclic amines) is 1. The van der Waals surface area contributed by atoms with Crippen LogP contribution in [-0.4, -0.2) is 18.0 Å². The number of hydrogen-bond acceptors (Lipinski definition) is 1. The summed E-state index contributed by atoms with van der Waals surface area (Å²) >= 11 is 0. The highest BCUT2D eigenvalue weighted by Gasteiger charge is 2.43. The van der Waals surface area contributed by atoms with Crippen LogP contribution in [0.2, 0.25) is 0 Å². The first-order chi connectivity index (χ1) is 12.8. The molecule has 3 aromatic rings. The quantitative estimate of drug-likeness (QED) is 0.544. The molecule has 1 heterocycles. The fourth-order valence-corrected chi connectivity index (χ4v) is 4.58. The molecule has 1 aliphatic heterocycles. The normalized spacial score (nSPS) is 15.7. The van der Waals surface area contributed by atoms with E-state index in [2.05, 4.69) is 96.8 Å². The molecule has 0 bridgehead atoms. The van der Waals surface area contributed by atoms with Gasteiger partial charge in [0.15, 0.2) is 0 Å². The van der Waals surface area contributed by atoms with Gasteiger partial charge in [-0.1, -0.05) is 91.3 Å².